The number of hydrogen-bond donors (Lipinski definition) is 2. The van der Waals surface area contributed by atoms with Crippen molar-refractivity contribution in [2.45, 2.75) is 32.4 Å². The van der Waals surface area contributed by atoms with Gasteiger partial charge in [0.25, 0.3) is 0 Å². The Morgan fingerprint density at radius 2 is 2.00 bits per heavy atom. The lowest BCUT2D eigenvalue weighted by Gasteiger charge is -2.13. The molecule has 9 nitrogen and oxygen atoms in total. The predicted octanol–water partition coefficient (Wildman–Crippen LogP) is 3.19. The van der Waals surface area contributed by atoms with Crippen LogP contribution >= 0.6 is 0 Å². The molecule has 0 bridgehead atoms. The highest BCUT2D eigenvalue weighted by Crippen LogP contribution is 2.33. The van der Waals surface area contributed by atoms with Crippen molar-refractivity contribution in [2.24, 2.45) is 5.73 Å². The first-order chi connectivity index (χ1) is 16.1. The van der Waals surface area contributed by atoms with Crippen LogP contribution in [0.3, 0.4) is 0 Å². The van der Waals surface area contributed by atoms with Crippen LogP contribution in [0.2, 0.25) is 0 Å². The van der Waals surface area contributed by atoms with Crippen molar-refractivity contribution in [3.05, 3.63) is 60.3 Å². The topological polar surface area (TPSA) is 121 Å². The maximum absolute atomic E-state index is 9.46. The van der Waals surface area contributed by atoms with E-state index >= 15 is 0 Å². The number of aromatic nitrogens is 5. The molecule has 4 aromatic rings. The molecule has 0 saturated carbocycles. The molecule has 0 fully saturated rings. The number of ether oxygens (including phenoxy) is 2. The van der Waals surface area contributed by atoms with Gasteiger partial charge in [0.15, 0.2) is 5.82 Å². The summed E-state index contributed by atoms with van der Waals surface area (Å²) in [6.45, 7) is 2.76. The van der Waals surface area contributed by atoms with E-state index in [4.69, 9.17) is 20.2 Å². The molecule has 3 aromatic heterocycles. The van der Waals surface area contributed by atoms with Gasteiger partial charge >= 0.3 is 0 Å². The fourth-order valence-corrected chi connectivity index (χ4v) is 3.63. The minimum Gasteiger partial charge on any atom is -0.490 e. The number of methoxy groups -OCH3 is 1. The van der Waals surface area contributed by atoms with Gasteiger partial charge in [0.1, 0.15) is 12.4 Å². The van der Waals surface area contributed by atoms with Crippen LogP contribution in [-0.2, 0) is 11.3 Å². The second kappa shape index (κ2) is 10.5. The third kappa shape index (κ3) is 5.00. The Kier molecular flexibility index (Phi) is 7.23. The number of aliphatic hydroxyl groups is 1. The number of pyridine rings is 1. The molecule has 33 heavy (non-hydrogen) atoms. The van der Waals surface area contributed by atoms with Crippen LogP contribution in [-0.4, -0.2) is 50.2 Å². The molecule has 9 heteroatoms. The molecule has 0 amide bonds. The van der Waals surface area contributed by atoms with Crippen molar-refractivity contribution < 1.29 is 14.6 Å². The van der Waals surface area contributed by atoms with Crippen LogP contribution in [0, 0.1) is 0 Å². The van der Waals surface area contributed by atoms with Gasteiger partial charge in [-0.1, -0.05) is 19.4 Å². The van der Waals surface area contributed by atoms with Gasteiger partial charge in [-0.05, 0) is 30.7 Å². The number of hydrogen-bond acceptors (Lipinski definition) is 8. The monoisotopic (exact) mass is 448 g/mol. The average Bonchev–Trinajstić information content (AvgIpc) is 3.29. The second-order valence-electron chi connectivity index (χ2n) is 7.67. The summed E-state index contributed by atoms with van der Waals surface area (Å²) in [5, 5.41) is 14.8. The highest BCUT2D eigenvalue weighted by molar-refractivity contribution is 5.90. The molecule has 0 spiro atoms. The van der Waals surface area contributed by atoms with E-state index in [1.165, 1.54) is 6.20 Å². The zero-order valence-corrected chi connectivity index (χ0v) is 18.8. The van der Waals surface area contributed by atoms with Gasteiger partial charge in [-0.3, -0.25) is 9.97 Å². The van der Waals surface area contributed by atoms with Crippen molar-refractivity contribution in [2.75, 3.05) is 20.3 Å². The first-order valence-electron chi connectivity index (χ1n) is 10.9. The van der Waals surface area contributed by atoms with E-state index < -0.39 is 0 Å². The third-order valence-electron chi connectivity index (χ3n) is 5.29. The van der Waals surface area contributed by atoms with Gasteiger partial charge in [-0.15, -0.1) is 0 Å². The van der Waals surface area contributed by atoms with E-state index in [9.17, 15) is 5.11 Å². The van der Waals surface area contributed by atoms with Gasteiger partial charge < -0.3 is 20.3 Å². The number of rotatable bonds is 10. The zero-order valence-electron chi connectivity index (χ0n) is 18.8. The minimum atomic E-state index is -0.203. The molecule has 3 heterocycles. The van der Waals surface area contributed by atoms with Gasteiger partial charge in [0, 0.05) is 18.7 Å². The van der Waals surface area contributed by atoms with Gasteiger partial charge in [-0.25, -0.2) is 9.67 Å². The van der Waals surface area contributed by atoms with Crippen LogP contribution in [0.15, 0.2) is 48.9 Å². The van der Waals surface area contributed by atoms with E-state index in [0.29, 0.717) is 30.5 Å². The van der Waals surface area contributed by atoms with E-state index in [1.54, 1.807) is 24.2 Å². The lowest BCUT2D eigenvalue weighted by molar-refractivity contribution is 0.147. The highest BCUT2D eigenvalue weighted by Gasteiger charge is 2.16. The van der Waals surface area contributed by atoms with Crippen LogP contribution in [0.5, 0.6) is 5.75 Å². The quantitative estimate of drug-likeness (QED) is 0.355. The van der Waals surface area contributed by atoms with Gasteiger partial charge in [-0.2, -0.15) is 5.10 Å². The van der Waals surface area contributed by atoms with Crippen molar-refractivity contribution in [3.63, 3.8) is 0 Å². The number of aliphatic hydroxyl groups excluding tert-OH is 1. The molecule has 3 N–H and O–H groups in total. The van der Waals surface area contributed by atoms with Crippen LogP contribution in [0.4, 0.5) is 0 Å². The first kappa shape index (κ1) is 22.8. The van der Waals surface area contributed by atoms with Crippen molar-refractivity contribution in [1.82, 2.24) is 24.7 Å². The standard InChI is InChI=1S/C24H28N6O3/c1-3-5-19(25)21-7-4-6-20(29-21)16-10-22-18(23(11-16)33-9-8-32-2)13-27-30(22)24-14-26-12-17(15-31)28-24/h4,6-7,10-14,19,31H,3,5,8-9,15,25H2,1-2H3. The predicted molar refractivity (Wildman–Crippen MR) is 125 cm³/mol. The average molecular weight is 449 g/mol. The largest absolute Gasteiger partial charge is 0.490 e. The summed E-state index contributed by atoms with van der Waals surface area (Å²) < 4.78 is 12.8. The summed E-state index contributed by atoms with van der Waals surface area (Å²) >= 11 is 0. The Hall–Kier alpha value is -3.40. The molecule has 0 aliphatic rings. The first-order valence-corrected chi connectivity index (χ1v) is 10.9. The summed E-state index contributed by atoms with van der Waals surface area (Å²) in [6.07, 6.45) is 6.72. The Bertz CT molecular complexity index is 1230. The van der Waals surface area contributed by atoms with Crippen LogP contribution in [0.1, 0.15) is 37.2 Å². The fraction of sp³-hybridized carbons (Fsp3) is 0.333. The van der Waals surface area contributed by atoms with Crippen LogP contribution in [0.25, 0.3) is 28.0 Å². The summed E-state index contributed by atoms with van der Waals surface area (Å²) in [4.78, 5) is 13.4. The zero-order chi connectivity index (χ0) is 23.2. The number of nitrogens with zero attached hydrogens (tertiary/aromatic N) is 5. The smallest absolute Gasteiger partial charge is 0.172 e. The third-order valence-corrected chi connectivity index (χ3v) is 5.29. The molecule has 1 atom stereocenters. The van der Waals surface area contributed by atoms with E-state index in [0.717, 1.165) is 40.7 Å². The molecule has 1 aromatic carbocycles. The minimum absolute atomic E-state index is 0.113. The Balaban J connectivity index is 1.84. The summed E-state index contributed by atoms with van der Waals surface area (Å²) in [5.74, 6) is 1.17. The lowest BCUT2D eigenvalue weighted by Crippen LogP contribution is -2.11. The molecular weight excluding hydrogens is 420 g/mol. The normalized spacial score (nSPS) is 12.2. The number of benzene rings is 1. The maximum Gasteiger partial charge on any atom is 0.172 e. The Labute approximate surface area is 192 Å². The fourth-order valence-electron chi connectivity index (χ4n) is 3.63. The molecule has 172 valence electrons. The summed E-state index contributed by atoms with van der Waals surface area (Å²) in [6, 6.07) is 9.72. The summed E-state index contributed by atoms with van der Waals surface area (Å²) in [7, 11) is 1.63. The van der Waals surface area contributed by atoms with Crippen molar-refractivity contribution >= 4 is 10.9 Å². The van der Waals surface area contributed by atoms with Crippen molar-refractivity contribution in [3.8, 4) is 22.8 Å². The van der Waals surface area contributed by atoms with Gasteiger partial charge in [0.2, 0.25) is 0 Å². The highest BCUT2D eigenvalue weighted by atomic mass is 16.5. The van der Waals surface area contributed by atoms with E-state index in [-0.39, 0.29) is 12.6 Å². The number of fused-ring (bicyclic) bond motifs is 1. The maximum atomic E-state index is 9.46. The summed E-state index contributed by atoms with van der Waals surface area (Å²) in [5.41, 5.74) is 10.1. The van der Waals surface area contributed by atoms with E-state index in [1.807, 2.05) is 30.3 Å². The van der Waals surface area contributed by atoms with Gasteiger partial charge in [0.05, 0.1) is 59.8 Å². The van der Waals surface area contributed by atoms with Crippen LogP contribution < -0.4 is 10.5 Å². The molecule has 0 aliphatic carbocycles. The molecule has 0 aliphatic heterocycles. The van der Waals surface area contributed by atoms with Crippen molar-refractivity contribution in [1.29, 1.82) is 0 Å². The van der Waals surface area contributed by atoms with E-state index in [2.05, 4.69) is 22.0 Å². The Morgan fingerprint density at radius 3 is 2.79 bits per heavy atom. The molecule has 1 unspecified atom stereocenters. The Morgan fingerprint density at radius 1 is 1.12 bits per heavy atom. The lowest BCUT2D eigenvalue weighted by atomic mass is 10.1. The molecule has 4 rings (SSSR count). The number of nitrogens with two attached hydrogens (primary N) is 1. The molecule has 0 radical (unpaired) electrons. The molecular formula is C24H28N6O3. The molecule has 0 saturated heterocycles. The SMILES string of the molecule is CCCC(N)c1cccc(-c2cc(OCCOC)c3cnn(-c4cncc(CO)n4)c3c2)n1. The second-order valence-corrected chi connectivity index (χ2v) is 7.67.